The number of pyridine rings is 1. The number of nitrogens with one attached hydrogen (secondary N) is 1. The molecule has 1 aromatic heterocycles. The van der Waals surface area contributed by atoms with Crippen LogP contribution in [0, 0.1) is 0 Å². The Kier molecular flexibility index (Phi) is 4.85. The van der Waals surface area contributed by atoms with E-state index in [1.54, 1.807) is 29.4 Å². The predicted octanol–water partition coefficient (Wildman–Crippen LogP) is 0.0603. The van der Waals surface area contributed by atoms with Crippen molar-refractivity contribution in [3.63, 3.8) is 0 Å². The quantitative estimate of drug-likeness (QED) is 0.834. The van der Waals surface area contributed by atoms with E-state index in [1.807, 2.05) is 0 Å². The molecular formula is C13H17N3O3. The Hall–Kier alpha value is -1.95. The van der Waals surface area contributed by atoms with Crippen molar-refractivity contribution < 1.29 is 14.3 Å². The second kappa shape index (κ2) is 6.84. The molecule has 6 nitrogen and oxygen atoms in total. The third-order valence-corrected chi connectivity index (χ3v) is 2.93. The standard InChI is InChI=1S/C13H17N3O3/c17-12(16-7-9-19-10-8-16)3-6-15-13(18)11-1-4-14-5-2-11/h1-2,4-5H,3,6-10H2,(H,15,18). The Morgan fingerprint density at radius 3 is 2.63 bits per heavy atom. The van der Waals surface area contributed by atoms with Gasteiger partial charge in [-0.25, -0.2) is 0 Å². The van der Waals surface area contributed by atoms with E-state index in [-0.39, 0.29) is 11.8 Å². The van der Waals surface area contributed by atoms with E-state index >= 15 is 0 Å². The normalized spacial score (nSPS) is 15.1. The van der Waals surface area contributed by atoms with Crippen LogP contribution in [0.2, 0.25) is 0 Å². The number of ether oxygens (including phenoxy) is 1. The zero-order valence-electron chi connectivity index (χ0n) is 10.7. The monoisotopic (exact) mass is 263 g/mol. The average molecular weight is 263 g/mol. The number of carbonyl (C=O) groups is 2. The first kappa shape index (κ1) is 13.5. The van der Waals surface area contributed by atoms with Crippen molar-refractivity contribution in [2.24, 2.45) is 0 Å². The van der Waals surface area contributed by atoms with Gasteiger partial charge in [0.15, 0.2) is 0 Å². The van der Waals surface area contributed by atoms with Crippen LogP contribution in [-0.4, -0.2) is 54.5 Å². The summed E-state index contributed by atoms with van der Waals surface area (Å²) in [4.78, 5) is 29.2. The molecule has 1 fully saturated rings. The largest absolute Gasteiger partial charge is 0.378 e. The fourth-order valence-corrected chi connectivity index (χ4v) is 1.86. The highest BCUT2D eigenvalue weighted by Crippen LogP contribution is 2.00. The minimum Gasteiger partial charge on any atom is -0.378 e. The number of rotatable bonds is 4. The highest BCUT2D eigenvalue weighted by atomic mass is 16.5. The molecular weight excluding hydrogens is 246 g/mol. The van der Waals surface area contributed by atoms with Crippen molar-refractivity contribution in [1.82, 2.24) is 15.2 Å². The lowest BCUT2D eigenvalue weighted by molar-refractivity contribution is -0.135. The van der Waals surface area contributed by atoms with Crippen molar-refractivity contribution in [1.29, 1.82) is 0 Å². The molecule has 0 bridgehead atoms. The molecule has 0 aromatic carbocycles. The molecule has 0 saturated carbocycles. The molecule has 1 aromatic rings. The molecule has 0 atom stereocenters. The van der Waals surface area contributed by atoms with Gasteiger partial charge in [0.05, 0.1) is 13.2 Å². The Bertz CT molecular complexity index is 430. The van der Waals surface area contributed by atoms with Crippen LogP contribution in [-0.2, 0) is 9.53 Å². The molecule has 19 heavy (non-hydrogen) atoms. The van der Waals surface area contributed by atoms with E-state index in [0.717, 1.165) is 0 Å². The van der Waals surface area contributed by atoms with Crippen molar-refractivity contribution in [3.05, 3.63) is 30.1 Å². The van der Waals surface area contributed by atoms with Gasteiger partial charge in [0.1, 0.15) is 0 Å². The zero-order chi connectivity index (χ0) is 13.5. The molecule has 0 spiro atoms. The Labute approximate surface area is 111 Å². The van der Waals surface area contributed by atoms with Crippen LogP contribution >= 0.6 is 0 Å². The molecule has 0 aliphatic carbocycles. The lowest BCUT2D eigenvalue weighted by Gasteiger charge is -2.26. The molecule has 2 heterocycles. The zero-order valence-corrected chi connectivity index (χ0v) is 10.7. The van der Waals surface area contributed by atoms with E-state index in [0.29, 0.717) is 44.8 Å². The van der Waals surface area contributed by atoms with Gasteiger partial charge in [-0.2, -0.15) is 0 Å². The van der Waals surface area contributed by atoms with Crippen LogP contribution in [0.25, 0.3) is 0 Å². The maximum absolute atomic E-state index is 11.8. The van der Waals surface area contributed by atoms with E-state index < -0.39 is 0 Å². The summed E-state index contributed by atoms with van der Waals surface area (Å²) in [7, 11) is 0. The van der Waals surface area contributed by atoms with Crippen LogP contribution in [0.5, 0.6) is 0 Å². The summed E-state index contributed by atoms with van der Waals surface area (Å²) in [5.41, 5.74) is 0.550. The number of hydrogen-bond acceptors (Lipinski definition) is 4. The molecule has 1 aliphatic heterocycles. The second-order valence-corrected chi connectivity index (χ2v) is 4.23. The molecule has 102 valence electrons. The first-order valence-electron chi connectivity index (χ1n) is 6.31. The van der Waals surface area contributed by atoms with Gasteiger partial charge in [-0.15, -0.1) is 0 Å². The number of nitrogens with zero attached hydrogens (tertiary/aromatic N) is 2. The van der Waals surface area contributed by atoms with Crippen molar-refractivity contribution in [3.8, 4) is 0 Å². The fraction of sp³-hybridized carbons (Fsp3) is 0.462. The third-order valence-electron chi connectivity index (χ3n) is 2.93. The van der Waals surface area contributed by atoms with Gasteiger partial charge < -0.3 is 15.0 Å². The fourth-order valence-electron chi connectivity index (χ4n) is 1.86. The number of hydrogen-bond donors (Lipinski definition) is 1. The van der Waals surface area contributed by atoms with Crippen molar-refractivity contribution >= 4 is 11.8 Å². The number of amides is 2. The van der Waals surface area contributed by atoms with Crippen molar-refractivity contribution in [2.45, 2.75) is 6.42 Å². The van der Waals surface area contributed by atoms with E-state index in [9.17, 15) is 9.59 Å². The summed E-state index contributed by atoms with van der Waals surface area (Å²) in [5.74, 6) is -0.129. The molecule has 1 N–H and O–H groups in total. The first-order valence-corrected chi connectivity index (χ1v) is 6.31. The minimum absolute atomic E-state index is 0.0540. The highest BCUT2D eigenvalue weighted by Gasteiger charge is 2.16. The summed E-state index contributed by atoms with van der Waals surface area (Å²) >= 11 is 0. The second-order valence-electron chi connectivity index (χ2n) is 4.23. The Morgan fingerprint density at radius 1 is 1.26 bits per heavy atom. The van der Waals surface area contributed by atoms with Gasteiger partial charge in [-0.05, 0) is 12.1 Å². The Balaban J connectivity index is 1.71. The molecule has 1 saturated heterocycles. The smallest absolute Gasteiger partial charge is 0.251 e. The van der Waals surface area contributed by atoms with Crippen LogP contribution in [0.15, 0.2) is 24.5 Å². The highest BCUT2D eigenvalue weighted by molar-refractivity contribution is 5.94. The summed E-state index contributed by atoms with van der Waals surface area (Å²) in [6.07, 6.45) is 3.44. The van der Waals surface area contributed by atoms with Crippen LogP contribution in [0.3, 0.4) is 0 Å². The van der Waals surface area contributed by atoms with E-state index in [2.05, 4.69) is 10.3 Å². The van der Waals surface area contributed by atoms with Gasteiger partial charge in [-0.1, -0.05) is 0 Å². The summed E-state index contributed by atoms with van der Waals surface area (Å²) in [6, 6.07) is 3.28. The van der Waals surface area contributed by atoms with Crippen LogP contribution in [0.1, 0.15) is 16.8 Å². The number of morpholine rings is 1. The first-order chi connectivity index (χ1) is 9.27. The average Bonchev–Trinajstić information content (AvgIpc) is 2.49. The molecule has 0 unspecified atom stereocenters. The van der Waals surface area contributed by atoms with E-state index in [4.69, 9.17) is 4.74 Å². The lowest BCUT2D eigenvalue weighted by atomic mass is 10.2. The molecule has 2 rings (SSSR count). The molecule has 1 aliphatic rings. The summed E-state index contributed by atoms with van der Waals surface area (Å²) in [5, 5.41) is 2.72. The number of carbonyl (C=O) groups excluding carboxylic acids is 2. The van der Waals surface area contributed by atoms with Gasteiger partial charge in [0, 0.05) is 44.0 Å². The number of aromatic nitrogens is 1. The van der Waals surface area contributed by atoms with Gasteiger partial charge in [0.2, 0.25) is 5.91 Å². The van der Waals surface area contributed by atoms with E-state index in [1.165, 1.54) is 0 Å². The predicted molar refractivity (Wildman–Crippen MR) is 68.6 cm³/mol. The maximum atomic E-state index is 11.8. The summed E-state index contributed by atoms with van der Waals surface area (Å²) < 4.78 is 5.18. The summed E-state index contributed by atoms with van der Waals surface area (Å²) in [6.45, 7) is 2.80. The minimum atomic E-state index is -0.183. The van der Waals surface area contributed by atoms with Gasteiger partial charge in [-0.3, -0.25) is 14.6 Å². The Morgan fingerprint density at radius 2 is 1.95 bits per heavy atom. The molecule has 0 radical (unpaired) electrons. The topological polar surface area (TPSA) is 71.5 Å². The maximum Gasteiger partial charge on any atom is 0.251 e. The van der Waals surface area contributed by atoms with Crippen LogP contribution < -0.4 is 5.32 Å². The van der Waals surface area contributed by atoms with Gasteiger partial charge in [0.25, 0.3) is 5.91 Å². The lowest BCUT2D eigenvalue weighted by Crippen LogP contribution is -2.42. The molecule has 2 amide bonds. The molecule has 6 heteroatoms. The van der Waals surface area contributed by atoms with Crippen LogP contribution in [0.4, 0.5) is 0 Å². The third kappa shape index (κ3) is 4.03. The SMILES string of the molecule is O=C(NCCC(=O)N1CCOCC1)c1ccncc1. The van der Waals surface area contributed by atoms with Gasteiger partial charge >= 0.3 is 0 Å². The van der Waals surface area contributed by atoms with Crippen molar-refractivity contribution in [2.75, 3.05) is 32.8 Å².